The zero-order valence-corrected chi connectivity index (χ0v) is 12.1. The van der Waals surface area contributed by atoms with Gasteiger partial charge in [0.1, 0.15) is 17.1 Å². The summed E-state index contributed by atoms with van der Waals surface area (Å²) in [6, 6.07) is 4.55. The van der Waals surface area contributed by atoms with Gasteiger partial charge in [-0.3, -0.25) is 0 Å². The maximum Gasteiger partial charge on any atom is 0.265 e. The third-order valence-corrected chi connectivity index (χ3v) is 4.47. The van der Waals surface area contributed by atoms with E-state index in [2.05, 4.69) is 17.1 Å². The molecule has 3 rings (SSSR count). The number of phenolic OH excluding ortho intramolecular Hbond substituents is 2. The standard InChI is InChI=1S/C16H20N2O3/c1-2-10-6-8-11(9-7-10)15-17-16(21-18-15)14-12(19)4-3-5-13(14)20/h3-5,10-11,19-20H,2,6-9H2,1H3. The molecule has 2 N–H and O–H groups in total. The highest BCUT2D eigenvalue weighted by Crippen LogP contribution is 2.39. The van der Waals surface area contributed by atoms with Crippen molar-refractivity contribution in [3.63, 3.8) is 0 Å². The van der Waals surface area contributed by atoms with E-state index in [0.29, 0.717) is 11.7 Å². The van der Waals surface area contributed by atoms with Crippen LogP contribution in [0.25, 0.3) is 11.5 Å². The zero-order valence-electron chi connectivity index (χ0n) is 12.1. The number of benzene rings is 1. The van der Waals surface area contributed by atoms with Gasteiger partial charge in [0.15, 0.2) is 5.82 Å². The Morgan fingerprint density at radius 1 is 1.14 bits per heavy atom. The van der Waals surface area contributed by atoms with E-state index in [1.165, 1.54) is 31.4 Å². The van der Waals surface area contributed by atoms with Crippen LogP contribution in [0.3, 0.4) is 0 Å². The van der Waals surface area contributed by atoms with Crippen LogP contribution in [0.2, 0.25) is 0 Å². The second kappa shape index (κ2) is 5.76. The molecule has 1 aliphatic carbocycles. The highest BCUT2D eigenvalue weighted by molar-refractivity contribution is 5.69. The maximum absolute atomic E-state index is 9.84. The third-order valence-electron chi connectivity index (χ3n) is 4.47. The number of phenols is 2. The molecule has 0 unspecified atom stereocenters. The average molecular weight is 288 g/mol. The predicted octanol–water partition coefficient (Wildman–Crippen LogP) is 3.83. The summed E-state index contributed by atoms with van der Waals surface area (Å²) in [6.07, 6.45) is 5.78. The maximum atomic E-state index is 9.84. The van der Waals surface area contributed by atoms with Crippen molar-refractivity contribution >= 4 is 0 Å². The predicted molar refractivity (Wildman–Crippen MR) is 78.1 cm³/mol. The fourth-order valence-electron chi connectivity index (χ4n) is 3.08. The molecular formula is C16H20N2O3. The van der Waals surface area contributed by atoms with Crippen LogP contribution >= 0.6 is 0 Å². The lowest BCUT2D eigenvalue weighted by molar-refractivity contribution is 0.305. The van der Waals surface area contributed by atoms with E-state index < -0.39 is 0 Å². The number of aromatic hydroxyl groups is 2. The average Bonchev–Trinajstić information content (AvgIpc) is 2.97. The van der Waals surface area contributed by atoms with Gasteiger partial charge in [0.05, 0.1) is 0 Å². The molecular weight excluding hydrogens is 268 g/mol. The van der Waals surface area contributed by atoms with Gasteiger partial charge in [-0.1, -0.05) is 24.6 Å². The molecule has 0 bridgehead atoms. The van der Waals surface area contributed by atoms with Crippen LogP contribution in [0, 0.1) is 5.92 Å². The van der Waals surface area contributed by atoms with E-state index in [9.17, 15) is 10.2 Å². The summed E-state index contributed by atoms with van der Waals surface area (Å²) >= 11 is 0. The van der Waals surface area contributed by atoms with E-state index in [0.717, 1.165) is 18.8 Å². The van der Waals surface area contributed by atoms with Crippen molar-refractivity contribution in [2.75, 3.05) is 0 Å². The minimum atomic E-state index is -0.0557. The van der Waals surface area contributed by atoms with Crippen LogP contribution in [0.1, 0.15) is 50.8 Å². The van der Waals surface area contributed by atoms with Crippen LogP contribution in [-0.2, 0) is 0 Å². The molecule has 1 aromatic carbocycles. The zero-order chi connectivity index (χ0) is 14.8. The molecule has 0 spiro atoms. The molecule has 1 heterocycles. The Hall–Kier alpha value is -2.04. The summed E-state index contributed by atoms with van der Waals surface area (Å²) in [4.78, 5) is 4.38. The van der Waals surface area contributed by atoms with Gasteiger partial charge < -0.3 is 14.7 Å². The molecule has 112 valence electrons. The minimum absolute atomic E-state index is 0.0557. The molecule has 1 aliphatic rings. The molecule has 0 radical (unpaired) electrons. The topological polar surface area (TPSA) is 79.4 Å². The van der Waals surface area contributed by atoms with Crippen LogP contribution in [0.4, 0.5) is 0 Å². The van der Waals surface area contributed by atoms with E-state index >= 15 is 0 Å². The van der Waals surface area contributed by atoms with Crippen LogP contribution in [-0.4, -0.2) is 20.4 Å². The van der Waals surface area contributed by atoms with Crippen molar-refractivity contribution < 1.29 is 14.7 Å². The monoisotopic (exact) mass is 288 g/mol. The fraction of sp³-hybridized carbons (Fsp3) is 0.500. The first kappa shape index (κ1) is 13.9. The first-order valence-electron chi connectivity index (χ1n) is 7.54. The molecule has 0 saturated heterocycles. The summed E-state index contributed by atoms with van der Waals surface area (Å²) in [6.45, 7) is 2.23. The van der Waals surface area contributed by atoms with Gasteiger partial charge in [-0.2, -0.15) is 4.98 Å². The second-order valence-corrected chi connectivity index (χ2v) is 5.75. The lowest BCUT2D eigenvalue weighted by Gasteiger charge is -2.25. The van der Waals surface area contributed by atoms with Crippen LogP contribution < -0.4 is 0 Å². The van der Waals surface area contributed by atoms with Crippen molar-refractivity contribution in [1.29, 1.82) is 0 Å². The van der Waals surface area contributed by atoms with Crippen molar-refractivity contribution in [3.8, 4) is 23.0 Å². The Morgan fingerprint density at radius 2 is 1.81 bits per heavy atom. The quantitative estimate of drug-likeness (QED) is 0.897. The SMILES string of the molecule is CCC1CCC(c2noc(-c3c(O)cccc3O)n2)CC1. The first-order valence-corrected chi connectivity index (χ1v) is 7.54. The Labute approximate surface area is 123 Å². The van der Waals surface area contributed by atoms with Crippen molar-refractivity contribution in [2.45, 2.75) is 44.9 Å². The van der Waals surface area contributed by atoms with E-state index in [1.807, 2.05) is 0 Å². The van der Waals surface area contributed by atoms with Gasteiger partial charge in [-0.05, 0) is 43.7 Å². The summed E-state index contributed by atoms with van der Waals surface area (Å²) in [5, 5.41) is 23.7. The molecule has 1 fully saturated rings. The summed E-state index contributed by atoms with van der Waals surface area (Å²) in [5.74, 6) is 1.88. The number of nitrogens with zero attached hydrogens (tertiary/aromatic N) is 2. The molecule has 21 heavy (non-hydrogen) atoms. The Kier molecular flexibility index (Phi) is 3.82. The Balaban J connectivity index is 1.81. The largest absolute Gasteiger partial charge is 0.507 e. The molecule has 2 aromatic rings. The summed E-state index contributed by atoms with van der Waals surface area (Å²) in [5.41, 5.74) is 0.207. The summed E-state index contributed by atoms with van der Waals surface area (Å²) < 4.78 is 5.24. The second-order valence-electron chi connectivity index (χ2n) is 5.75. The minimum Gasteiger partial charge on any atom is -0.507 e. The highest BCUT2D eigenvalue weighted by atomic mass is 16.5. The van der Waals surface area contributed by atoms with Gasteiger partial charge >= 0.3 is 0 Å². The van der Waals surface area contributed by atoms with E-state index in [1.54, 1.807) is 6.07 Å². The first-order chi connectivity index (χ1) is 10.2. The van der Waals surface area contributed by atoms with Crippen LogP contribution in [0.15, 0.2) is 22.7 Å². The Bertz CT molecular complexity index is 595. The van der Waals surface area contributed by atoms with Crippen molar-refractivity contribution in [3.05, 3.63) is 24.0 Å². The molecule has 5 heteroatoms. The van der Waals surface area contributed by atoms with E-state index in [-0.39, 0.29) is 23.0 Å². The third kappa shape index (κ3) is 2.73. The highest BCUT2D eigenvalue weighted by Gasteiger charge is 2.26. The summed E-state index contributed by atoms with van der Waals surface area (Å²) in [7, 11) is 0. The smallest absolute Gasteiger partial charge is 0.265 e. The van der Waals surface area contributed by atoms with Gasteiger partial charge in [-0.25, -0.2) is 0 Å². The van der Waals surface area contributed by atoms with Gasteiger partial charge in [0, 0.05) is 5.92 Å². The van der Waals surface area contributed by atoms with Gasteiger partial charge in [0.2, 0.25) is 0 Å². The molecule has 1 aromatic heterocycles. The van der Waals surface area contributed by atoms with Crippen molar-refractivity contribution in [1.82, 2.24) is 10.1 Å². The Morgan fingerprint density at radius 3 is 2.43 bits per heavy atom. The number of hydrogen-bond donors (Lipinski definition) is 2. The van der Waals surface area contributed by atoms with Crippen molar-refractivity contribution in [2.24, 2.45) is 5.92 Å². The lowest BCUT2D eigenvalue weighted by atomic mass is 9.80. The molecule has 1 saturated carbocycles. The van der Waals surface area contributed by atoms with E-state index in [4.69, 9.17) is 4.52 Å². The lowest BCUT2D eigenvalue weighted by Crippen LogP contribution is -2.13. The van der Waals surface area contributed by atoms with Gasteiger partial charge in [0.25, 0.3) is 5.89 Å². The van der Waals surface area contributed by atoms with Crippen LogP contribution in [0.5, 0.6) is 11.5 Å². The normalized spacial score (nSPS) is 22.3. The number of rotatable bonds is 3. The number of aromatic nitrogens is 2. The number of hydrogen-bond acceptors (Lipinski definition) is 5. The molecule has 0 atom stereocenters. The molecule has 0 aliphatic heterocycles. The fourth-order valence-corrected chi connectivity index (χ4v) is 3.08. The van der Waals surface area contributed by atoms with Gasteiger partial charge in [-0.15, -0.1) is 0 Å². The molecule has 5 nitrogen and oxygen atoms in total. The molecule has 0 amide bonds.